The van der Waals surface area contributed by atoms with Crippen LogP contribution in [-0.2, 0) is 30.6 Å². The summed E-state index contributed by atoms with van der Waals surface area (Å²) in [6.45, 7) is 4.35. The van der Waals surface area contributed by atoms with Crippen LogP contribution in [0.5, 0.6) is 0 Å². The van der Waals surface area contributed by atoms with Crippen LogP contribution < -0.4 is 10.6 Å². The highest BCUT2D eigenvalue weighted by Gasteiger charge is 2.54. The molecule has 256 valence electrons. The molecule has 1 saturated carbocycles. The number of carbonyl (C=O) groups excluding carboxylic acids is 4. The fourth-order valence-electron chi connectivity index (χ4n) is 7.03. The third-order valence-corrected chi connectivity index (χ3v) is 10.6. The van der Waals surface area contributed by atoms with Crippen molar-refractivity contribution in [2.75, 3.05) is 19.6 Å². The minimum atomic E-state index is -0.966. The fourth-order valence-corrected chi connectivity index (χ4v) is 7.55. The minimum Gasteiger partial charge on any atom is -0.387 e. The van der Waals surface area contributed by atoms with E-state index >= 15 is 0 Å². The van der Waals surface area contributed by atoms with E-state index in [0.717, 1.165) is 55.6 Å². The number of benzene rings is 2. The van der Waals surface area contributed by atoms with E-state index in [9.17, 15) is 19.2 Å². The zero-order valence-corrected chi connectivity index (χ0v) is 28.8. The minimum absolute atomic E-state index is 0.0290. The van der Waals surface area contributed by atoms with Crippen LogP contribution in [0.2, 0.25) is 10.0 Å². The summed E-state index contributed by atoms with van der Waals surface area (Å²) in [6, 6.07) is 13.4. The zero-order valence-electron chi connectivity index (χ0n) is 27.3. The Morgan fingerprint density at radius 1 is 1.00 bits per heavy atom. The van der Waals surface area contributed by atoms with E-state index in [-0.39, 0.29) is 30.8 Å². The lowest BCUT2D eigenvalue weighted by Crippen LogP contribution is -2.53. The number of oxime groups is 1. The third-order valence-electron chi connectivity index (χ3n) is 9.93. The smallest absolute Gasteiger partial charge is 0.289 e. The number of likely N-dealkylation sites (tertiary alicyclic amines) is 2. The molecule has 10 nitrogen and oxygen atoms in total. The van der Waals surface area contributed by atoms with E-state index in [1.165, 1.54) is 0 Å². The van der Waals surface area contributed by atoms with Gasteiger partial charge in [0, 0.05) is 47.5 Å². The van der Waals surface area contributed by atoms with Gasteiger partial charge in [0.15, 0.2) is 5.60 Å². The average Bonchev–Trinajstić information content (AvgIpc) is 3.68. The number of halogens is 2. The highest BCUT2D eigenvalue weighted by Crippen LogP contribution is 2.40. The normalized spacial score (nSPS) is 23.4. The molecule has 1 spiro atoms. The van der Waals surface area contributed by atoms with E-state index in [0.29, 0.717) is 42.3 Å². The van der Waals surface area contributed by atoms with Crippen LogP contribution in [-0.4, -0.2) is 82.4 Å². The van der Waals surface area contributed by atoms with E-state index in [1.807, 2.05) is 55.5 Å². The lowest BCUT2D eigenvalue weighted by molar-refractivity contribution is -0.142. The summed E-state index contributed by atoms with van der Waals surface area (Å²) in [5.41, 5.74) is 1.75. The number of hydrogen-bond donors (Lipinski definition) is 2. The number of hydrogen-bond acceptors (Lipinski definition) is 7. The number of nitrogens with zero attached hydrogens (tertiary/aromatic N) is 3. The second kappa shape index (κ2) is 15.0. The quantitative estimate of drug-likeness (QED) is 0.305. The van der Waals surface area contributed by atoms with E-state index in [1.54, 1.807) is 4.90 Å². The number of amides is 3. The molecule has 2 saturated heterocycles. The summed E-state index contributed by atoms with van der Waals surface area (Å²) in [4.78, 5) is 63.7. The number of rotatable bonds is 12. The largest absolute Gasteiger partial charge is 0.387 e. The maximum atomic E-state index is 14.0. The Morgan fingerprint density at radius 2 is 1.71 bits per heavy atom. The van der Waals surface area contributed by atoms with Gasteiger partial charge < -0.3 is 20.4 Å². The molecule has 2 N–H and O–H groups in total. The van der Waals surface area contributed by atoms with Gasteiger partial charge in [-0.05, 0) is 68.8 Å². The van der Waals surface area contributed by atoms with Crippen molar-refractivity contribution in [3.8, 4) is 0 Å². The summed E-state index contributed by atoms with van der Waals surface area (Å²) in [5, 5.41) is 11.3. The van der Waals surface area contributed by atoms with Gasteiger partial charge in [0.1, 0.15) is 6.04 Å². The van der Waals surface area contributed by atoms with Crippen molar-refractivity contribution in [3.05, 3.63) is 69.7 Å². The van der Waals surface area contributed by atoms with Crippen LogP contribution in [0.1, 0.15) is 75.8 Å². The first-order chi connectivity index (χ1) is 23.1. The molecule has 2 aromatic carbocycles. The van der Waals surface area contributed by atoms with E-state index < -0.39 is 35.3 Å². The molecular weight excluding hydrogens is 653 g/mol. The maximum absolute atomic E-state index is 14.0. The van der Waals surface area contributed by atoms with Gasteiger partial charge in [0.2, 0.25) is 17.6 Å². The molecule has 0 radical (unpaired) electrons. The Balaban J connectivity index is 1.13. The number of ketones is 1. The summed E-state index contributed by atoms with van der Waals surface area (Å²) < 4.78 is 0. The first kappa shape index (κ1) is 34.4. The Hall–Kier alpha value is -3.47. The second-order valence-corrected chi connectivity index (χ2v) is 14.5. The highest BCUT2D eigenvalue weighted by atomic mass is 35.5. The monoisotopic (exact) mass is 695 g/mol. The van der Waals surface area contributed by atoms with Crippen LogP contribution in [0.25, 0.3) is 0 Å². The zero-order chi connectivity index (χ0) is 33.8. The van der Waals surface area contributed by atoms with Crippen molar-refractivity contribution in [1.29, 1.82) is 0 Å². The second-order valence-electron chi connectivity index (χ2n) is 13.7. The standard InChI is InChI=1S/C36H43Cl2N5O5/c1-2-7-29(33(45)35(47)39-25-12-13-25)40-34(46)31-20-36(19-30(41-48-36)24-8-4-3-5-9-24)22-43(31)32(44)18-23-14-16-42(17-15-23)21-26-27(37)10-6-11-28(26)38/h3-6,8-11,23,25,29,31H,2,7,12-22H2,1H3,(H,39,47)(H,40,46)/t29-,31-,36+/m0/s1. The van der Waals surface area contributed by atoms with Gasteiger partial charge in [-0.3, -0.25) is 24.1 Å². The Labute approximate surface area is 291 Å². The van der Waals surface area contributed by atoms with Gasteiger partial charge >= 0.3 is 0 Å². The van der Waals surface area contributed by atoms with Crippen molar-refractivity contribution in [2.24, 2.45) is 11.1 Å². The Kier molecular flexibility index (Phi) is 10.7. The average molecular weight is 697 g/mol. The Morgan fingerprint density at radius 3 is 2.38 bits per heavy atom. The predicted octanol–water partition coefficient (Wildman–Crippen LogP) is 4.89. The van der Waals surface area contributed by atoms with Crippen molar-refractivity contribution in [1.82, 2.24) is 20.4 Å². The van der Waals surface area contributed by atoms with Crippen LogP contribution in [0.4, 0.5) is 0 Å². The van der Waals surface area contributed by atoms with Crippen LogP contribution in [0.15, 0.2) is 53.7 Å². The molecule has 1 aliphatic carbocycles. The topological polar surface area (TPSA) is 120 Å². The SMILES string of the molecule is CCC[C@H](NC(=O)[C@@H]1C[C@]2(CC(c3ccccc3)=NO2)CN1C(=O)CC1CCN(Cc2c(Cl)cccc2Cl)CC1)C(=O)C(=O)NC1CC1. The van der Waals surface area contributed by atoms with E-state index in [2.05, 4.69) is 20.7 Å². The first-order valence-electron chi connectivity index (χ1n) is 17.0. The molecule has 3 heterocycles. The predicted molar refractivity (Wildman–Crippen MR) is 184 cm³/mol. The summed E-state index contributed by atoms with van der Waals surface area (Å²) in [5.74, 6) is -1.75. The lowest BCUT2D eigenvalue weighted by atomic mass is 9.91. The summed E-state index contributed by atoms with van der Waals surface area (Å²) in [6.07, 6.45) is 5.27. The van der Waals surface area contributed by atoms with Gasteiger partial charge in [0.25, 0.3) is 5.91 Å². The molecule has 3 amide bonds. The fraction of sp³-hybridized carbons (Fsp3) is 0.528. The molecular formula is C36H43Cl2N5O5. The molecule has 12 heteroatoms. The first-order valence-corrected chi connectivity index (χ1v) is 17.8. The maximum Gasteiger partial charge on any atom is 0.289 e. The van der Waals surface area contributed by atoms with Gasteiger partial charge in [-0.15, -0.1) is 0 Å². The van der Waals surface area contributed by atoms with Crippen molar-refractivity contribution in [3.63, 3.8) is 0 Å². The van der Waals surface area contributed by atoms with Gasteiger partial charge in [-0.1, -0.05) is 78.1 Å². The molecule has 4 aliphatic rings. The summed E-state index contributed by atoms with van der Waals surface area (Å²) in [7, 11) is 0. The molecule has 6 rings (SSSR count). The van der Waals surface area contributed by atoms with Gasteiger partial charge in [0.05, 0.1) is 18.3 Å². The van der Waals surface area contributed by atoms with Gasteiger partial charge in [-0.2, -0.15) is 0 Å². The van der Waals surface area contributed by atoms with Crippen molar-refractivity contribution >= 4 is 52.4 Å². The van der Waals surface area contributed by atoms with Crippen molar-refractivity contribution < 1.29 is 24.0 Å². The molecule has 0 unspecified atom stereocenters. The molecule has 0 aromatic heterocycles. The molecule has 2 aromatic rings. The van der Waals surface area contributed by atoms with E-state index in [4.69, 9.17) is 28.0 Å². The molecule has 0 bridgehead atoms. The Bertz CT molecular complexity index is 1540. The highest BCUT2D eigenvalue weighted by molar-refractivity contribution is 6.38. The van der Waals surface area contributed by atoms with Gasteiger partial charge in [-0.25, -0.2) is 0 Å². The van der Waals surface area contributed by atoms with Crippen LogP contribution in [0.3, 0.4) is 0 Å². The third kappa shape index (κ3) is 8.04. The molecule has 3 atom stereocenters. The van der Waals surface area contributed by atoms with Crippen LogP contribution >= 0.6 is 23.2 Å². The number of carbonyl (C=O) groups is 4. The molecule has 3 aliphatic heterocycles. The van der Waals surface area contributed by atoms with Crippen LogP contribution in [0, 0.1) is 5.92 Å². The molecule has 48 heavy (non-hydrogen) atoms. The number of nitrogens with one attached hydrogen (secondary N) is 2. The lowest BCUT2D eigenvalue weighted by Gasteiger charge is -2.33. The number of Topliss-reactive ketones (excluding diaryl/α,β-unsaturated/α-hetero) is 1. The number of piperidine rings is 1. The summed E-state index contributed by atoms with van der Waals surface area (Å²) >= 11 is 12.8. The molecule has 3 fully saturated rings. The van der Waals surface area contributed by atoms with Crippen molar-refractivity contribution in [2.45, 2.75) is 95.0 Å².